The summed E-state index contributed by atoms with van der Waals surface area (Å²) in [6.07, 6.45) is 7.98. The molecule has 0 saturated carbocycles. The predicted molar refractivity (Wildman–Crippen MR) is 54.1 cm³/mol. The molecule has 0 amide bonds. The average Bonchev–Trinajstić information content (AvgIpc) is 2.86. The van der Waals surface area contributed by atoms with Crippen LogP contribution in [0.15, 0.2) is 18.7 Å². The first-order chi connectivity index (χ1) is 6.95. The molecule has 0 bridgehead atoms. The molecular weight excluding hydrogens is 178 g/mol. The van der Waals surface area contributed by atoms with Gasteiger partial charge in [0.25, 0.3) is 0 Å². The van der Waals surface area contributed by atoms with Crippen molar-refractivity contribution in [1.82, 2.24) is 14.9 Å². The number of hydrogen-bond donors (Lipinski definition) is 1. The maximum Gasteiger partial charge on any atom is 0.0945 e. The van der Waals surface area contributed by atoms with Gasteiger partial charge in [-0.05, 0) is 19.4 Å². The van der Waals surface area contributed by atoms with Gasteiger partial charge in [-0.15, -0.1) is 0 Å². The highest BCUT2D eigenvalue weighted by Crippen LogP contribution is 2.02. The first-order valence-corrected chi connectivity index (χ1v) is 5.22. The summed E-state index contributed by atoms with van der Waals surface area (Å²) in [5.41, 5.74) is 0. The van der Waals surface area contributed by atoms with E-state index in [4.69, 9.17) is 4.74 Å². The Morgan fingerprint density at radius 2 is 2.57 bits per heavy atom. The van der Waals surface area contributed by atoms with Crippen LogP contribution in [0.25, 0.3) is 0 Å². The molecule has 1 fully saturated rings. The van der Waals surface area contributed by atoms with E-state index in [1.54, 1.807) is 0 Å². The summed E-state index contributed by atoms with van der Waals surface area (Å²) >= 11 is 0. The Morgan fingerprint density at radius 1 is 1.57 bits per heavy atom. The number of nitrogens with one attached hydrogen (secondary N) is 1. The molecule has 14 heavy (non-hydrogen) atoms. The molecule has 1 aromatic heterocycles. The minimum atomic E-state index is 0.581. The molecule has 4 nitrogen and oxygen atoms in total. The predicted octanol–water partition coefficient (Wildman–Crippen LogP) is 0.652. The molecule has 0 aromatic carbocycles. The highest BCUT2D eigenvalue weighted by atomic mass is 16.5. The van der Waals surface area contributed by atoms with Crippen LogP contribution in [0.3, 0.4) is 0 Å². The standard InChI is InChI=1S/C10H17N3O/c1(5-13-6-4-11-9-13)3-12-10-2-7-14-8-10/h4,6,9-10,12H,1-3,5,7-8H2. The van der Waals surface area contributed by atoms with Crippen LogP contribution >= 0.6 is 0 Å². The monoisotopic (exact) mass is 195 g/mol. The van der Waals surface area contributed by atoms with Crippen molar-refractivity contribution in [2.45, 2.75) is 25.4 Å². The van der Waals surface area contributed by atoms with Crippen LogP contribution in [0, 0.1) is 0 Å². The third-order valence-corrected chi connectivity index (χ3v) is 2.51. The molecule has 4 heteroatoms. The van der Waals surface area contributed by atoms with Gasteiger partial charge < -0.3 is 14.6 Å². The molecule has 1 unspecified atom stereocenters. The Kier molecular flexibility index (Phi) is 3.54. The van der Waals surface area contributed by atoms with Gasteiger partial charge in [-0.3, -0.25) is 0 Å². The molecule has 1 aromatic rings. The quantitative estimate of drug-likeness (QED) is 0.701. The van der Waals surface area contributed by atoms with Crippen LogP contribution in [-0.4, -0.2) is 35.4 Å². The number of aryl methyl sites for hydroxylation is 1. The Hall–Kier alpha value is -0.870. The van der Waals surface area contributed by atoms with Gasteiger partial charge >= 0.3 is 0 Å². The molecule has 78 valence electrons. The Bertz CT molecular complexity index is 242. The van der Waals surface area contributed by atoms with Gasteiger partial charge in [-0.2, -0.15) is 0 Å². The van der Waals surface area contributed by atoms with Crippen LogP contribution in [-0.2, 0) is 11.3 Å². The molecule has 1 N–H and O–H groups in total. The number of rotatable bonds is 5. The van der Waals surface area contributed by atoms with Gasteiger partial charge in [-0.25, -0.2) is 4.98 Å². The molecule has 2 heterocycles. The number of nitrogens with zero attached hydrogens (tertiary/aromatic N) is 2. The van der Waals surface area contributed by atoms with Crippen molar-refractivity contribution in [3.63, 3.8) is 0 Å². The van der Waals surface area contributed by atoms with Crippen molar-refractivity contribution in [3.8, 4) is 0 Å². The lowest BCUT2D eigenvalue weighted by Gasteiger charge is -2.09. The van der Waals surface area contributed by atoms with E-state index in [0.717, 1.165) is 39.1 Å². The summed E-state index contributed by atoms with van der Waals surface area (Å²) in [6.45, 7) is 3.90. The zero-order valence-electron chi connectivity index (χ0n) is 8.35. The van der Waals surface area contributed by atoms with Gasteiger partial charge in [-0.1, -0.05) is 0 Å². The van der Waals surface area contributed by atoms with Crippen molar-refractivity contribution in [2.24, 2.45) is 0 Å². The van der Waals surface area contributed by atoms with Crippen LogP contribution in [0.4, 0.5) is 0 Å². The third kappa shape index (κ3) is 2.82. The lowest BCUT2D eigenvalue weighted by Crippen LogP contribution is -2.30. The molecular formula is C10H17N3O. The number of hydrogen-bond acceptors (Lipinski definition) is 3. The molecule has 2 rings (SSSR count). The molecule has 1 aliphatic heterocycles. The fourth-order valence-electron chi connectivity index (χ4n) is 1.68. The molecule has 0 aliphatic carbocycles. The van der Waals surface area contributed by atoms with E-state index in [1.807, 2.05) is 18.7 Å². The summed E-state index contributed by atoms with van der Waals surface area (Å²) in [6, 6.07) is 0.581. The fraction of sp³-hybridized carbons (Fsp3) is 0.700. The van der Waals surface area contributed by atoms with E-state index in [1.165, 1.54) is 0 Å². The minimum Gasteiger partial charge on any atom is -0.380 e. The topological polar surface area (TPSA) is 39.1 Å². The second-order valence-corrected chi connectivity index (χ2v) is 3.67. The zero-order valence-corrected chi connectivity index (χ0v) is 8.35. The van der Waals surface area contributed by atoms with E-state index < -0.39 is 0 Å². The van der Waals surface area contributed by atoms with E-state index in [0.29, 0.717) is 6.04 Å². The zero-order chi connectivity index (χ0) is 9.64. The lowest BCUT2D eigenvalue weighted by atomic mass is 10.2. The second kappa shape index (κ2) is 5.12. The summed E-state index contributed by atoms with van der Waals surface area (Å²) in [4.78, 5) is 4.00. The van der Waals surface area contributed by atoms with Crippen molar-refractivity contribution < 1.29 is 4.74 Å². The van der Waals surface area contributed by atoms with Gasteiger partial charge in [0, 0.05) is 31.6 Å². The first-order valence-electron chi connectivity index (χ1n) is 5.22. The summed E-state index contributed by atoms with van der Waals surface area (Å²) in [5.74, 6) is 0. The number of ether oxygens (including phenoxy) is 1. The van der Waals surface area contributed by atoms with E-state index in [9.17, 15) is 0 Å². The third-order valence-electron chi connectivity index (χ3n) is 2.51. The van der Waals surface area contributed by atoms with Crippen molar-refractivity contribution in [2.75, 3.05) is 19.8 Å². The van der Waals surface area contributed by atoms with Crippen LogP contribution < -0.4 is 5.32 Å². The largest absolute Gasteiger partial charge is 0.380 e. The fourth-order valence-corrected chi connectivity index (χ4v) is 1.68. The second-order valence-electron chi connectivity index (χ2n) is 3.67. The molecule has 1 aliphatic rings. The number of imidazole rings is 1. The van der Waals surface area contributed by atoms with Gasteiger partial charge in [0.1, 0.15) is 0 Å². The molecule has 1 saturated heterocycles. The maximum absolute atomic E-state index is 5.28. The molecule has 1 atom stereocenters. The van der Waals surface area contributed by atoms with E-state index >= 15 is 0 Å². The van der Waals surface area contributed by atoms with Crippen LogP contribution in [0.5, 0.6) is 0 Å². The maximum atomic E-state index is 5.28. The molecule has 0 spiro atoms. The highest BCUT2D eigenvalue weighted by Gasteiger charge is 2.13. The Morgan fingerprint density at radius 3 is 3.29 bits per heavy atom. The number of aromatic nitrogens is 2. The van der Waals surface area contributed by atoms with Gasteiger partial charge in [0.15, 0.2) is 0 Å². The van der Waals surface area contributed by atoms with Crippen LogP contribution in [0.2, 0.25) is 0 Å². The Labute approximate surface area is 84.3 Å². The Balaban J connectivity index is 1.55. The van der Waals surface area contributed by atoms with Gasteiger partial charge in [0.2, 0.25) is 0 Å². The molecule has 0 radical (unpaired) electrons. The summed E-state index contributed by atoms with van der Waals surface area (Å²) in [7, 11) is 0. The van der Waals surface area contributed by atoms with Crippen molar-refractivity contribution in [3.05, 3.63) is 18.7 Å². The van der Waals surface area contributed by atoms with Crippen LogP contribution in [0.1, 0.15) is 12.8 Å². The van der Waals surface area contributed by atoms with Crippen molar-refractivity contribution in [1.29, 1.82) is 0 Å². The van der Waals surface area contributed by atoms with Gasteiger partial charge in [0.05, 0.1) is 12.9 Å². The summed E-state index contributed by atoms with van der Waals surface area (Å²) in [5, 5.41) is 3.49. The average molecular weight is 195 g/mol. The van der Waals surface area contributed by atoms with E-state index in [-0.39, 0.29) is 0 Å². The van der Waals surface area contributed by atoms with Crippen molar-refractivity contribution >= 4 is 0 Å². The normalized spacial score (nSPS) is 21.6. The van der Waals surface area contributed by atoms with E-state index in [2.05, 4.69) is 14.9 Å². The SMILES string of the molecule is c1cn(CCCNC2CCOC2)cn1. The highest BCUT2D eigenvalue weighted by molar-refractivity contribution is 4.75. The lowest BCUT2D eigenvalue weighted by molar-refractivity contribution is 0.190. The smallest absolute Gasteiger partial charge is 0.0945 e. The minimum absolute atomic E-state index is 0.581. The summed E-state index contributed by atoms with van der Waals surface area (Å²) < 4.78 is 7.39. The first kappa shape index (κ1) is 9.68.